The summed E-state index contributed by atoms with van der Waals surface area (Å²) >= 11 is 0. The van der Waals surface area contributed by atoms with Crippen LogP contribution in [0.15, 0.2) is 42.5 Å². The topological polar surface area (TPSA) is 24.6 Å². The van der Waals surface area contributed by atoms with E-state index in [0.717, 1.165) is 16.3 Å². The van der Waals surface area contributed by atoms with Crippen LogP contribution in [-0.2, 0) is 0 Å². The van der Waals surface area contributed by atoms with Crippen molar-refractivity contribution in [2.24, 2.45) is 0 Å². The second-order valence-electron chi connectivity index (χ2n) is 3.42. The highest BCUT2D eigenvalue weighted by Gasteiger charge is 2.12. The summed E-state index contributed by atoms with van der Waals surface area (Å²) in [6.45, 7) is 6.87. The van der Waals surface area contributed by atoms with Gasteiger partial charge in [0.15, 0.2) is 6.10 Å². The van der Waals surface area contributed by atoms with Crippen molar-refractivity contribution in [3.8, 4) is 0 Å². The summed E-state index contributed by atoms with van der Waals surface area (Å²) in [5.41, 5.74) is 0.837. The SMILES string of the molecule is [C-]#[N+]CC(O)c1cccc2ccccc12. The molecule has 2 heteroatoms. The van der Waals surface area contributed by atoms with Crippen LogP contribution in [0.5, 0.6) is 0 Å². The fraction of sp³-hybridized carbons (Fsp3) is 0.154. The second-order valence-corrected chi connectivity index (χ2v) is 3.42. The standard InChI is InChI=1S/C13H11NO/c1-14-9-13(15)12-8-4-6-10-5-2-3-7-11(10)12/h2-8,13,15H,9H2. The molecule has 0 spiro atoms. The smallest absolute Gasteiger partial charge is 0.244 e. The summed E-state index contributed by atoms with van der Waals surface area (Å²) in [7, 11) is 0. The zero-order valence-corrected chi connectivity index (χ0v) is 8.22. The molecule has 2 nitrogen and oxygen atoms in total. The predicted molar refractivity (Wildman–Crippen MR) is 60.4 cm³/mol. The van der Waals surface area contributed by atoms with Crippen LogP contribution in [0.2, 0.25) is 0 Å². The molecule has 15 heavy (non-hydrogen) atoms. The minimum absolute atomic E-state index is 0.119. The van der Waals surface area contributed by atoms with Gasteiger partial charge >= 0.3 is 0 Å². The van der Waals surface area contributed by atoms with Crippen molar-refractivity contribution in [2.45, 2.75) is 6.10 Å². The minimum Gasteiger partial charge on any atom is -0.381 e. The third-order valence-electron chi connectivity index (χ3n) is 2.45. The first-order chi connectivity index (χ1) is 7.33. The lowest BCUT2D eigenvalue weighted by atomic mass is 10.0. The Balaban J connectivity index is 2.56. The zero-order valence-electron chi connectivity index (χ0n) is 8.22. The van der Waals surface area contributed by atoms with Gasteiger partial charge in [-0.3, -0.25) is 0 Å². The Kier molecular flexibility index (Phi) is 2.66. The number of rotatable bonds is 2. The van der Waals surface area contributed by atoms with E-state index in [-0.39, 0.29) is 6.54 Å². The molecule has 0 aliphatic carbocycles. The fourth-order valence-electron chi connectivity index (χ4n) is 1.73. The monoisotopic (exact) mass is 197 g/mol. The van der Waals surface area contributed by atoms with Crippen molar-refractivity contribution in [3.05, 3.63) is 59.4 Å². The summed E-state index contributed by atoms with van der Waals surface area (Å²) < 4.78 is 0. The van der Waals surface area contributed by atoms with Crippen LogP contribution in [-0.4, -0.2) is 11.7 Å². The summed E-state index contributed by atoms with van der Waals surface area (Å²) in [4.78, 5) is 3.22. The maximum absolute atomic E-state index is 9.80. The molecule has 0 fully saturated rings. The van der Waals surface area contributed by atoms with Crippen molar-refractivity contribution < 1.29 is 5.11 Å². The van der Waals surface area contributed by atoms with Crippen LogP contribution in [0, 0.1) is 6.57 Å². The number of hydrogen-bond donors (Lipinski definition) is 1. The normalized spacial score (nSPS) is 12.3. The maximum Gasteiger partial charge on any atom is 0.244 e. The second kappa shape index (κ2) is 4.12. The molecule has 1 unspecified atom stereocenters. The first kappa shape index (κ1) is 9.70. The summed E-state index contributed by atoms with van der Waals surface area (Å²) in [5.74, 6) is 0. The van der Waals surface area contributed by atoms with Crippen LogP contribution in [0.25, 0.3) is 15.6 Å². The van der Waals surface area contributed by atoms with E-state index in [0.29, 0.717) is 0 Å². The number of aliphatic hydroxyl groups excluding tert-OH is 1. The largest absolute Gasteiger partial charge is 0.381 e. The summed E-state index contributed by atoms with van der Waals surface area (Å²) in [5, 5.41) is 11.9. The Morgan fingerprint density at radius 2 is 1.87 bits per heavy atom. The number of hydrogen-bond acceptors (Lipinski definition) is 1. The van der Waals surface area contributed by atoms with Crippen molar-refractivity contribution in [3.63, 3.8) is 0 Å². The van der Waals surface area contributed by atoms with Gasteiger partial charge in [-0.1, -0.05) is 42.5 Å². The molecule has 74 valence electrons. The van der Waals surface area contributed by atoms with E-state index in [1.807, 2.05) is 42.5 Å². The number of nitrogens with zero attached hydrogens (tertiary/aromatic N) is 1. The minimum atomic E-state index is -0.686. The molecule has 2 aromatic carbocycles. The van der Waals surface area contributed by atoms with Gasteiger partial charge < -0.3 is 9.95 Å². The average Bonchev–Trinajstić information content (AvgIpc) is 2.28. The Morgan fingerprint density at radius 3 is 2.67 bits per heavy atom. The summed E-state index contributed by atoms with van der Waals surface area (Å²) in [6.07, 6.45) is -0.686. The molecule has 1 atom stereocenters. The predicted octanol–water partition coefficient (Wildman–Crippen LogP) is 2.79. The highest BCUT2D eigenvalue weighted by Crippen LogP contribution is 2.24. The lowest BCUT2D eigenvalue weighted by Crippen LogP contribution is -2.00. The van der Waals surface area contributed by atoms with Gasteiger partial charge in [0.1, 0.15) is 0 Å². The molecule has 2 aromatic rings. The zero-order chi connectivity index (χ0) is 10.7. The van der Waals surface area contributed by atoms with E-state index in [1.165, 1.54) is 0 Å². The van der Waals surface area contributed by atoms with Gasteiger partial charge in [-0.25, -0.2) is 6.57 Å². The van der Waals surface area contributed by atoms with Crippen molar-refractivity contribution >= 4 is 10.8 Å². The molecule has 2 rings (SSSR count). The first-order valence-electron chi connectivity index (χ1n) is 4.82. The van der Waals surface area contributed by atoms with Crippen LogP contribution in [0.3, 0.4) is 0 Å². The van der Waals surface area contributed by atoms with Gasteiger partial charge in [0.25, 0.3) is 0 Å². The molecule has 0 heterocycles. The third kappa shape index (κ3) is 1.83. The first-order valence-corrected chi connectivity index (χ1v) is 4.82. The van der Waals surface area contributed by atoms with E-state index in [4.69, 9.17) is 6.57 Å². The molecule has 1 N–H and O–H groups in total. The Hall–Kier alpha value is -1.85. The Bertz CT molecular complexity index is 508. The molecule has 0 saturated heterocycles. The lowest BCUT2D eigenvalue weighted by Gasteiger charge is -2.08. The van der Waals surface area contributed by atoms with Gasteiger partial charge in [0.2, 0.25) is 6.54 Å². The van der Waals surface area contributed by atoms with E-state index >= 15 is 0 Å². The van der Waals surface area contributed by atoms with Crippen LogP contribution in [0.1, 0.15) is 11.7 Å². The van der Waals surface area contributed by atoms with Crippen LogP contribution >= 0.6 is 0 Å². The van der Waals surface area contributed by atoms with Crippen LogP contribution in [0.4, 0.5) is 0 Å². The number of fused-ring (bicyclic) bond motifs is 1. The molecule has 0 radical (unpaired) electrons. The van der Waals surface area contributed by atoms with Gasteiger partial charge in [-0.15, -0.1) is 0 Å². The Morgan fingerprint density at radius 1 is 1.13 bits per heavy atom. The van der Waals surface area contributed by atoms with E-state index in [1.54, 1.807) is 0 Å². The van der Waals surface area contributed by atoms with E-state index in [2.05, 4.69) is 4.85 Å². The maximum atomic E-state index is 9.80. The van der Waals surface area contributed by atoms with Crippen LogP contribution < -0.4 is 0 Å². The van der Waals surface area contributed by atoms with Gasteiger partial charge in [0, 0.05) is 0 Å². The average molecular weight is 197 g/mol. The van der Waals surface area contributed by atoms with E-state index < -0.39 is 6.10 Å². The number of benzene rings is 2. The molecular weight excluding hydrogens is 186 g/mol. The van der Waals surface area contributed by atoms with Gasteiger partial charge in [0.05, 0.1) is 0 Å². The molecular formula is C13H11NO. The van der Waals surface area contributed by atoms with Crippen molar-refractivity contribution in [1.82, 2.24) is 0 Å². The molecule has 0 amide bonds. The highest BCUT2D eigenvalue weighted by atomic mass is 16.3. The highest BCUT2D eigenvalue weighted by molar-refractivity contribution is 5.85. The molecule has 0 aliphatic rings. The van der Waals surface area contributed by atoms with E-state index in [9.17, 15) is 5.11 Å². The number of aliphatic hydroxyl groups is 1. The molecule has 0 saturated carbocycles. The fourth-order valence-corrected chi connectivity index (χ4v) is 1.73. The molecule has 0 bridgehead atoms. The molecule has 0 aromatic heterocycles. The van der Waals surface area contributed by atoms with Gasteiger partial charge in [-0.05, 0) is 16.3 Å². The Labute approximate surface area is 88.6 Å². The van der Waals surface area contributed by atoms with Crippen molar-refractivity contribution in [1.29, 1.82) is 0 Å². The lowest BCUT2D eigenvalue weighted by molar-refractivity contribution is 0.197. The van der Waals surface area contributed by atoms with Crippen molar-refractivity contribution in [2.75, 3.05) is 6.54 Å². The third-order valence-corrected chi connectivity index (χ3v) is 2.45. The quantitative estimate of drug-likeness (QED) is 0.735. The molecule has 0 aliphatic heterocycles. The van der Waals surface area contributed by atoms with Gasteiger partial charge in [-0.2, -0.15) is 0 Å². The summed E-state index contributed by atoms with van der Waals surface area (Å²) in [6, 6.07) is 13.7.